The molecule has 0 rings (SSSR count). The van der Waals surface area contributed by atoms with Crippen LogP contribution in [0.1, 0.15) is 6.92 Å². The molecule has 0 aromatic carbocycles. The molecule has 0 bridgehead atoms. The standard InChI is InChI=1S/C6H14F3NO2S/c1-6(12-3)10(4-5-11-2)13(7,8)9/h6H,4-5H2,1-3H3. The molecule has 0 aromatic heterocycles. The van der Waals surface area contributed by atoms with Gasteiger partial charge in [0.05, 0.1) is 6.61 Å². The van der Waals surface area contributed by atoms with Gasteiger partial charge in [-0.25, -0.2) is 0 Å². The molecule has 0 aliphatic carbocycles. The van der Waals surface area contributed by atoms with Crippen LogP contribution < -0.4 is 0 Å². The van der Waals surface area contributed by atoms with Crippen molar-refractivity contribution >= 4 is 11.4 Å². The molecule has 0 saturated heterocycles. The Morgan fingerprint density at radius 2 is 1.85 bits per heavy atom. The van der Waals surface area contributed by atoms with E-state index in [9.17, 15) is 11.7 Å². The van der Waals surface area contributed by atoms with E-state index in [1.54, 1.807) is 0 Å². The van der Waals surface area contributed by atoms with Gasteiger partial charge in [0.2, 0.25) is 0 Å². The lowest BCUT2D eigenvalue weighted by molar-refractivity contribution is 0.0152. The van der Waals surface area contributed by atoms with Crippen molar-refractivity contribution in [3.05, 3.63) is 0 Å². The Morgan fingerprint density at radius 1 is 1.31 bits per heavy atom. The number of ether oxygens (including phenoxy) is 2. The van der Waals surface area contributed by atoms with Crippen LogP contribution in [0.2, 0.25) is 0 Å². The lowest BCUT2D eigenvalue weighted by Crippen LogP contribution is -2.34. The molecule has 0 amide bonds. The van der Waals surface area contributed by atoms with E-state index in [0.29, 0.717) is 4.31 Å². The molecule has 0 aromatic rings. The molecular weight excluding hydrogens is 207 g/mol. The summed E-state index contributed by atoms with van der Waals surface area (Å²) < 4.78 is 46.6. The Kier molecular flexibility index (Phi) is 5.70. The van der Waals surface area contributed by atoms with Gasteiger partial charge in [0.1, 0.15) is 6.23 Å². The Morgan fingerprint density at radius 3 is 2.15 bits per heavy atom. The van der Waals surface area contributed by atoms with E-state index < -0.39 is 17.6 Å². The molecule has 0 saturated carbocycles. The molecular formula is C6H14F3NO2S. The highest BCUT2D eigenvalue weighted by Gasteiger charge is 2.35. The van der Waals surface area contributed by atoms with Crippen molar-refractivity contribution in [1.29, 1.82) is 0 Å². The first-order chi connectivity index (χ1) is 5.93. The van der Waals surface area contributed by atoms with Gasteiger partial charge >= 0.3 is 0 Å². The Labute approximate surface area is 78.1 Å². The summed E-state index contributed by atoms with van der Waals surface area (Å²) in [7, 11) is 2.61. The molecule has 0 N–H and O–H groups in total. The molecule has 0 aliphatic heterocycles. The summed E-state index contributed by atoms with van der Waals surface area (Å²) in [6, 6.07) is 0. The van der Waals surface area contributed by atoms with Crippen molar-refractivity contribution in [3.8, 4) is 0 Å². The van der Waals surface area contributed by atoms with Gasteiger partial charge in [0.25, 0.3) is 11.4 Å². The third kappa shape index (κ3) is 4.70. The van der Waals surface area contributed by atoms with Crippen LogP contribution in [-0.4, -0.2) is 37.9 Å². The van der Waals surface area contributed by atoms with Gasteiger partial charge in [-0.3, -0.25) is 0 Å². The summed E-state index contributed by atoms with van der Waals surface area (Å²) in [5.41, 5.74) is 0. The highest BCUT2D eigenvalue weighted by Crippen LogP contribution is 2.57. The average Bonchev–Trinajstić information content (AvgIpc) is 2.02. The minimum absolute atomic E-state index is 0.0419. The van der Waals surface area contributed by atoms with Crippen LogP contribution in [0.15, 0.2) is 0 Å². The van der Waals surface area contributed by atoms with Crippen LogP contribution in [0.3, 0.4) is 0 Å². The molecule has 0 fully saturated rings. The fraction of sp³-hybridized carbons (Fsp3) is 1.00. The van der Waals surface area contributed by atoms with E-state index in [4.69, 9.17) is 0 Å². The quantitative estimate of drug-likeness (QED) is 0.642. The summed E-state index contributed by atoms with van der Waals surface area (Å²) in [5.74, 6) is 0. The van der Waals surface area contributed by atoms with Gasteiger partial charge in [0.15, 0.2) is 0 Å². The monoisotopic (exact) mass is 221 g/mol. The van der Waals surface area contributed by atoms with Gasteiger partial charge in [-0.05, 0) is 6.92 Å². The number of halogens is 3. The smallest absolute Gasteiger partial charge is 0.280 e. The van der Waals surface area contributed by atoms with Gasteiger partial charge < -0.3 is 9.47 Å². The first-order valence-electron chi connectivity index (χ1n) is 3.64. The zero-order valence-corrected chi connectivity index (χ0v) is 8.61. The van der Waals surface area contributed by atoms with E-state index in [-0.39, 0.29) is 13.2 Å². The first-order valence-corrected chi connectivity index (χ1v) is 4.93. The predicted octanol–water partition coefficient (Wildman–Crippen LogP) is 2.30. The zero-order chi connectivity index (χ0) is 10.5. The fourth-order valence-corrected chi connectivity index (χ4v) is 1.46. The van der Waals surface area contributed by atoms with Crippen molar-refractivity contribution in [2.75, 3.05) is 27.4 Å². The third-order valence-electron chi connectivity index (χ3n) is 1.53. The van der Waals surface area contributed by atoms with Crippen molar-refractivity contribution in [2.45, 2.75) is 13.2 Å². The topological polar surface area (TPSA) is 21.7 Å². The lowest BCUT2D eigenvalue weighted by atomic mass is 10.6. The molecule has 0 aliphatic rings. The predicted molar refractivity (Wildman–Crippen MR) is 46.0 cm³/mol. The van der Waals surface area contributed by atoms with Crippen LogP contribution in [0.4, 0.5) is 11.7 Å². The highest BCUT2D eigenvalue weighted by molar-refractivity contribution is 8.18. The molecule has 82 valence electrons. The minimum atomic E-state index is -5.22. The minimum Gasteiger partial charge on any atom is -0.383 e. The third-order valence-corrected chi connectivity index (χ3v) is 2.54. The molecule has 13 heavy (non-hydrogen) atoms. The number of nitrogens with zero attached hydrogens (tertiary/aromatic N) is 1. The summed E-state index contributed by atoms with van der Waals surface area (Å²) in [6.07, 6.45) is -0.954. The number of rotatable bonds is 6. The van der Waals surface area contributed by atoms with Crippen LogP contribution in [0.25, 0.3) is 0 Å². The van der Waals surface area contributed by atoms with E-state index >= 15 is 0 Å². The fourth-order valence-electron chi connectivity index (χ4n) is 0.752. The molecule has 1 unspecified atom stereocenters. The normalized spacial score (nSPS) is 16.2. The van der Waals surface area contributed by atoms with Crippen LogP contribution in [0.5, 0.6) is 0 Å². The number of methoxy groups -OCH3 is 2. The van der Waals surface area contributed by atoms with Crippen LogP contribution >= 0.6 is 11.4 Å². The lowest BCUT2D eigenvalue weighted by Gasteiger charge is -2.30. The number of hydrogen-bond donors (Lipinski definition) is 0. The van der Waals surface area contributed by atoms with Gasteiger partial charge in [-0.2, -0.15) is 4.31 Å². The molecule has 1 atom stereocenters. The highest BCUT2D eigenvalue weighted by atomic mass is 32.3. The van der Waals surface area contributed by atoms with Gasteiger partial charge in [-0.1, -0.05) is 0 Å². The van der Waals surface area contributed by atoms with Crippen molar-refractivity contribution in [1.82, 2.24) is 4.31 Å². The second-order valence-corrected chi connectivity index (χ2v) is 3.58. The molecule has 0 spiro atoms. The maximum atomic E-state index is 12.4. The Balaban J connectivity index is 4.19. The van der Waals surface area contributed by atoms with E-state index in [1.807, 2.05) is 0 Å². The molecule has 0 radical (unpaired) electrons. The summed E-state index contributed by atoms with van der Waals surface area (Å²) >= 11 is -5.22. The Hall–Kier alpha value is 0.0200. The SMILES string of the molecule is COCCN(C(C)OC)S(F)(F)F. The van der Waals surface area contributed by atoms with Gasteiger partial charge in [-0.15, -0.1) is 11.7 Å². The zero-order valence-electron chi connectivity index (χ0n) is 7.80. The van der Waals surface area contributed by atoms with Crippen molar-refractivity contribution < 1.29 is 21.1 Å². The maximum absolute atomic E-state index is 12.4. The van der Waals surface area contributed by atoms with E-state index in [0.717, 1.165) is 0 Å². The maximum Gasteiger partial charge on any atom is 0.280 e. The molecule has 3 nitrogen and oxygen atoms in total. The van der Waals surface area contributed by atoms with E-state index in [1.165, 1.54) is 21.1 Å². The molecule has 0 heterocycles. The van der Waals surface area contributed by atoms with Crippen molar-refractivity contribution in [3.63, 3.8) is 0 Å². The van der Waals surface area contributed by atoms with Crippen molar-refractivity contribution in [2.24, 2.45) is 0 Å². The summed E-state index contributed by atoms with van der Waals surface area (Å²) in [5, 5.41) is 0. The van der Waals surface area contributed by atoms with E-state index in [2.05, 4.69) is 9.47 Å². The second kappa shape index (κ2) is 5.69. The van der Waals surface area contributed by atoms with Crippen LogP contribution in [0, 0.1) is 0 Å². The largest absolute Gasteiger partial charge is 0.383 e. The average molecular weight is 221 g/mol. The second-order valence-electron chi connectivity index (χ2n) is 2.35. The Bertz CT molecular complexity index is 144. The molecule has 7 heteroatoms. The van der Waals surface area contributed by atoms with Gasteiger partial charge in [0, 0.05) is 20.8 Å². The summed E-state index contributed by atoms with van der Waals surface area (Å²) in [6.45, 7) is 1.21. The number of hydrogen-bond acceptors (Lipinski definition) is 3. The summed E-state index contributed by atoms with van der Waals surface area (Å²) in [4.78, 5) is 0. The first kappa shape index (κ1) is 13.0. The van der Waals surface area contributed by atoms with Crippen LogP contribution in [-0.2, 0) is 9.47 Å².